The molecule has 12 heteroatoms. The Morgan fingerprint density at radius 1 is 0.950 bits per heavy atom. The highest BCUT2D eigenvalue weighted by Crippen LogP contribution is 2.30. The van der Waals surface area contributed by atoms with Crippen LogP contribution < -0.4 is 5.32 Å². The minimum absolute atomic E-state index is 0.000557. The Kier molecular flexibility index (Phi) is 7.54. The van der Waals surface area contributed by atoms with E-state index in [-0.39, 0.29) is 49.9 Å². The van der Waals surface area contributed by atoms with Crippen LogP contribution in [0.2, 0.25) is 0 Å². The monoisotopic (exact) mass is 561 g/mol. The SMILES string of the molecule is C[C@@H](NC(CC(=O)N1CCn2c(nnc2C(F)(F)F)C1)Cc1cc(F)c(F)cc1F)c1ccc2ccccc2c1. The largest absolute Gasteiger partial charge is 0.451 e. The van der Waals surface area contributed by atoms with Gasteiger partial charge in [-0.1, -0.05) is 36.4 Å². The molecule has 210 valence electrons. The molecule has 6 nitrogen and oxygen atoms in total. The number of hydrogen-bond acceptors (Lipinski definition) is 4. The molecule has 40 heavy (non-hydrogen) atoms. The van der Waals surface area contributed by atoms with E-state index in [4.69, 9.17) is 0 Å². The van der Waals surface area contributed by atoms with Crippen LogP contribution in [-0.2, 0) is 30.5 Å². The molecule has 3 aromatic carbocycles. The van der Waals surface area contributed by atoms with Crippen molar-refractivity contribution in [1.29, 1.82) is 0 Å². The quantitative estimate of drug-likeness (QED) is 0.237. The molecule has 0 aliphatic carbocycles. The van der Waals surface area contributed by atoms with Crippen molar-refractivity contribution < 1.29 is 31.1 Å². The molecule has 4 aromatic rings. The highest BCUT2D eigenvalue weighted by molar-refractivity contribution is 5.83. The first-order valence-electron chi connectivity index (χ1n) is 12.6. The summed E-state index contributed by atoms with van der Waals surface area (Å²) in [6, 6.07) is 13.9. The van der Waals surface area contributed by atoms with Gasteiger partial charge in [-0.15, -0.1) is 10.2 Å². The van der Waals surface area contributed by atoms with Gasteiger partial charge in [0.15, 0.2) is 17.5 Å². The average Bonchev–Trinajstić information content (AvgIpc) is 3.35. The molecule has 0 fully saturated rings. The maximum atomic E-state index is 14.5. The van der Waals surface area contributed by atoms with Crippen molar-refractivity contribution in [2.45, 2.75) is 51.1 Å². The summed E-state index contributed by atoms with van der Waals surface area (Å²) in [5, 5.41) is 12.2. The highest BCUT2D eigenvalue weighted by atomic mass is 19.4. The summed E-state index contributed by atoms with van der Waals surface area (Å²) in [5.74, 6) is -4.99. The number of aromatic nitrogens is 3. The predicted octanol–water partition coefficient (Wildman–Crippen LogP) is 5.56. The van der Waals surface area contributed by atoms with Gasteiger partial charge < -0.3 is 14.8 Å². The van der Waals surface area contributed by atoms with Gasteiger partial charge in [0.2, 0.25) is 11.7 Å². The van der Waals surface area contributed by atoms with E-state index in [1.54, 1.807) is 0 Å². The Hall–Kier alpha value is -3.93. The number of halogens is 6. The molecule has 1 aliphatic rings. The molecule has 0 saturated heterocycles. The normalized spacial score (nSPS) is 15.2. The third-order valence-electron chi connectivity index (χ3n) is 7.10. The summed E-state index contributed by atoms with van der Waals surface area (Å²) in [6.07, 6.45) is -4.97. The number of fused-ring (bicyclic) bond motifs is 2. The van der Waals surface area contributed by atoms with Crippen LogP contribution in [0.25, 0.3) is 10.8 Å². The number of nitrogens with one attached hydrogen (secondary N) is 1. The summed E-state index contributed by atoms with van der Waals surface area (Å²) in [4.78, 5) is 14.7. The van der Waals surface area contributed by atoms with Crippen LogP contribution in [-0.4, -0.2) is 38.2 Å². The van der Waals surface area contributed by atoms with Crippen LogP contribution in [0.3, 0.4) is 0 Å². The molecule has 2 atom stereocenters. The van der Waals surface area contributed by atoms with E-state index in [1.165, 1.54) is 4.90 Å². The highest BCUT2D eigenvalue weighted by Gasteiger charge is 2.40. The summed E-state index contributed by atoms with van der Waals surface area (Å²) >= 11 is 0. The summed E-state index contributed by atoms with van der Waals surface area (Å²) < 4.78 is 82.5. The van der Waals surface area contributed by atoms with Gasteiger partial charge in [0.05, 0.1) is 6.54 Å². The topological polar surface area (TPSA) is 63.1 Å². The van der Waals surface area contributed by atoms with E-state index in [1.807, 2.05) is 49.4 Å². The first-order valence-corrected chi connectivity index (χ1v) is 12.6. The minimum atomic E-state index is -4.67. The second-order valence-corrected chi connectivity index (χ2v) is 9.86. The molecule has 1 aromatic heterocycles. The zero-order chi connectivity index (χ0) is 28.6. The molecule has 2 heterocycles. The molecule has 0 bridgehead atoms. The third-order valence-corrected chi connectivity index (χ3v) is 7.10. The Bertz CT molecular complexity index is 1550. The van der Waals surface area contributed by atoms with E-state index < -0.39 is 41.4 Å². The third kappa shape index (κ3) is 5.81. The van der Waals surface area contributed by atoms with E-state index >= 15 is 0 Å². The van der Waals surface area contributed by atoms with E-state index in [2.05, 4.69) is 15.5 Å². The summed E-state index contributed by atoms with van der Waals surface area (Å²) in [5.41, 5.74) is 0.788. The molecule has 1 aliphatic heterocycles. The van der Waals surface area contributed by atoms with Crippen LogP contribution in [0, 0.1) is 17.5 Å². The zero-order valence-electron chi connectivity index (χ0n) is 21.4. The Morgan fingerprint density at radius 3 is 2.42 bits per heavy atom. The second kappa shape index (κ2) is 10.9. The lowest BCUT2D eigenvalue weighted by Gasteiger charge is -2.30. The number of amides is 1. The Labute approximate surface area is 225 Å². The van der Waals surface area contributed by atoms with Crippen LogP contribution in [0.5, 0.6) is 0 Å². The molecular formula is C28H25F6N5O. The molecule has 0 spiro atoms. The molecule has 1 amide bonds. The van der Waals surface area contributed by atoms with E-state index in [0.29, 0.717) is 6.07 Å². The van der Waals surface area contributed by atoms with Gasteiger partial charge >= 0.3 is 6.18 Å². The van der Waals surface area contributed by atoms with Crippen molar-refractivity contribution in [1.82, 2.24) is 25.0 Å². The summed E-state index contributed by atoms with van der Waals surface area (Å²) in [6.45, 7) is 1.56. The van der Waals surface area contributed by atoms with Crippen LogP contribution in [0.4, 0.5) is 26.3 Å². The number of carbonyl (C=O) groups excluding carboxylic acids is 1. The maximum absolute atomic E-state index is 14.5. The van der Waals surface area contributed by atoms with Gasteiger partial charge in [0, 0.05) is 37.7 Å². The number of rotatable bonds is 7. The maximum Gasteiger partial charge on any atom is 0.451 e. The smallest absolute Gasteiger partial charge is 0.333 e. The molecule has 0 radical (unpaired) electrons. The summed E-state index contributed by atoms with van der Waals surface area (Å²) in [7, 11) is 0. The van der Waals surface area contributed by atoms with Crippen LogP contribution >= 0.6 is 0 Å². The lowest BCUT2D eigenvalue weighted by molar-refractivity contribution is -0.148. The van der Waals surface area contributed by atoms with Crippen molar-refractivity contribution in [3.8, 4) is 0 Å². The van der Waals surface area contributed by atoms with E-state index in [9.17, 15) is 31.1 Å². The van der Waals surface area contributed by atoms with Crippen molar-refractivity contribution in [2.24, 2.45) is 0 Å². The first kappa shape index (κ1) is 27.6. The number of alkyl halides is 3. The van der Waals surface area contributed by atoms with Crippen LogP contribution in [0.15, 0.2) is 54.6 Å². The Balaban J connectivity index is 1.36. The molecule has 1 unspecified atom stereocenters. The minimum Gasteiger partial charge on any atom is -0.333 e. The predicted molar refractivity (Wildman–Crippen MR) is 134 cm³/mol. The Morgan fingerprint density at radius 2 is 1.68 bits per heavy atom. The molecule has 1 N–H and O–H groups in total. The standard InChI is InChI=1S/C28H25F6N5O/c1-16(18-7-6-17-4-2-3-5-19(17)10-18)35-21(11-20-12-23(30)24(31)14-22(20)29)13-26(40)38-8-9-39-25(15-38)36-37-27(39)28(32,33)34/h2-7,10,12,14,16,21,35H,8-9,11,13,15H2,1H3/t16-,21?/m1/s1. The van der Waals surface area contributed by atoms with Gasteiger partial charge in [0.1, 0.15) is 5.82 Å². The van der Waals surface area contributed by atoms with Crippen molar-refractivity contribution in [3.05, 3.63) is 94.8 Å². The number of benzene rings is 3. The molecular weight excluding hydrogens is 536 g/mol. The number of nitrogens with zero attached hydrogens (tertiary/aromatic N) is 4. The molecule has 0 saturated carbocycles. The fourth-order valence-corrected chi connectivity index (χ4v) is 5.02. The van der Waals surface area contributed by atoms with Crippen molar-refractivity contribution >= 4 is 16.7 Å². The van der Waals surface area contributed by atoms with Gasteiger partial charge in [-0.25, -0.2) is 13.2 Å². The van der Waals surface area contributed by atoms with Gasteiger partial charge in [-0.05, 0) is 47.4 Å². The fraction of sp³-hybridized carbons (Fsp3) is 0.321. The number of hydrogen-bond donors (Lipinski definition) is 1. The van der Waals surface area contributed by atoms with Gasteiger partial charge in [0.25, 0.3) is 0 Å². The van der Waals surface area contributed by atoms with Crippen molar-refractivity contribution in [2.75, 3.05) is 6.54 Å². The second-order valence-electron chi connectivity index (χ2n) is 9.86. The first-order chi connectivity index (χ1) is 19.0. The zero-order valence-corrected chi connectivity index (χ0v) is 21.4. The fourth-order valence-electron chi connectivity index (χ4n) is 5.02. The van der Waals surface area contributed by atoms with E-state index in [0.717, 1.165) is 27.0 Å². The van der Waals surface area contributed by atoms with Crippen molar-refractivity contribution in [3.63, 3.8) is 0 Å². The lowest BCUT2D eigenvalue weighted by atomic mass is 9.98. The molecule has 5 rings (SSSR count). The van der Waals surface area contributed by atoms with Crippen LogP contribution in [0.1, 0.15) is 42.2 Å². The lowest BCUT2D eigenvalue weighted by Crippen LogP contribution is -2.43. The number of carbonyl (C=O) groups is 1. The van der Waals surface area contributed by atoms with Gasteiger partial charge in [-0.2, -0.15) is 13.2 Å². The average molecular weight is 562 g/mol. The van der Waals surface area contributed by atoms with Gasteiger partial charge in [-0.3, -0.25) is 4.79 Å².